The first-order valence-electron chi connectivity index (χ1n) is 12.5. The van der Waals surface area contributed by atoms with E-state index < -0.39 is 8.07 Å². The second kappa shape index (κ2) is 9.94. The van der Waals surface area contributed by atoms with Crippen LogP contribution in [0.25, 0.3) is 0 Å². The third-order valence-corrected chi connectivity index (χ3v) is 16.9. The first-order chi connectivity index (χ1) is 14.1. The average Bonchev–Trinajstić information content (AvgIpc) is 3.29. The molecule has 0 amide bonds. The van der Waals surface area contributed by atoms with Crippen LogP contribution in [-0.4, -0.2) is 8.07 Å². The quantitative estimate of drug-likeness (QED) is 0.315. The van der Waals surface area contributed by atoms with Crippen LogP contribution in [0.1, 0.15) is 51.4 Å². The van der Waals surface area contributed by atoms with Crippen molar-refractivity contribution in [2.45, 2.75) is 74.5 Å². The standard InChI is InChI=1S/C28H38Si.2ClH.Hf/c1-29(2,27-17-9-7-15-25(27)23-13-5-3-11-21(23)19-27)28-18-10-8-16-26(28)24-14-6-4-12-22(24)20-28;;;/h3-6,11-14,19-26H,7-10,15-18H2,1-2H3;2*1H;/q-2;;;+4/p-2. The maximum atomic E-state index is 2.95. The minimum Gasteiger partial charge on any atom is -1.00 e. The van der Waals surface area contributed by atoms with Gasteiger partial charge in [-0.25, -0.2) is 0 Å². The van der Waals surface area contributed by atoms with Crippen LogP contribution in [0, 0.1) is 48.3 Å². The summed E-state index contributed by atoms with van der Waals surface area (Å²) in [6.45, 7) is 5.71. The van der Waals surface area contributed by atoms with Gasteiger partial charge in [-0.2, -0.15) is 10.1 Å². The van der Waals surface area contributed by atoms with Gasteiger partial charge in [-0.15, -0.1) is 24.0 Å². The molecule has 4 saturated carbocycles. The average molecular weight is 652 g/mol. The third kappa shape index (κ3) is 3.58. The van der Waals surface area contributed by atoms with E-state index in [1.807, 2.05) is 0 Å². The second-order valence-corrected chi connectivity index (χ2v) is 16.7. The molecule has 6 aliphatic rings. The molecular formula is C28H38Cl2HfSi. The Morgan fingerprint density at radius 3 is 1.50 bits per heavy atom. The summed E-state index contributed by atoms with van der Waals surface area (Å²) < 4.78 is 0. The fourth-order valence-electron chi connectivity index (χ4n) is 9.44. The van der Waals surface area contributed by atoms with Crippen molar-refractivity contribution in [3.63, 3.8) is 0 Å². The summed E-state index contributed by atoms with van der Waals surface area (Å²) in [5, 5.41) is 1.07. The Bertz CT molecular complexity index is 737. The van der Waals surface area contributed by atoms with E-state index in [-0.39, 0.29) is 50.7 Å². The predicted octanol–water partition coefficient (Wildman–Crippen LogP) is 1.71. The molecule has 0 aromatic heterocycles. The van der Waals surface area contributed by atoms with Crippen molar-refractivity contribution >= 4 is 8.07 Å². The van der Waals surface area contributed by atoms with E-state index in [9.17, 15) is 0 Å². The number of hydrogen-bond acceptors (Lipinski definition) is 0. The van der Waals surface area contributed by atoms with E-state index in [1.54, 1.807) is 0 Å². The van der Waals surface area contributed by atoms with Crippen LogP contribution < -0.4 is 24.8 Å². The Labute approximate surface area is 228 Å². The molecule has 0 aromatic carbocycles. The van der Waals surface area contributed by atoms with Gasteiger partial charge in [0.15, 0.2) is 0 Å². The zero-order valence-corrected chi connectivity index (χ0v) is 25.8. The van der Waals surface area contributed by atoms with E-state index in [1.165, 1.54) is 51.4 Å². The topological polar surface area (TPSA) is 0 Å². The molecule has 0 heterocycles. The maximum absolute atomic E-state index is 2.95. The zero-order valence-electron chi connectivity index (χ0n) is 19.7. The molecule has 0 spiro atoms. The van der Waals surface area contributed by atoms with Crippen LogP contribution in [0.3, 0.4) is 0 Å². The molecule has 8 unspecified atom stereocenters. The molecule has 4 fully saturated rings. The normalized spacial score (nSPS) is 45.4. The number of hydrogen-bond donors (Lipinski definition) is 0. The summed E-state index contributed by atoms with van der Waals surface area (Å²) in [4.78, 5) is 0. The molecule has 0 aromatic rings. The van der Waals surface area contributed by atoms with Crippen molar-refractivity contribution in [3.8, 4) is 0 Å². The van der Waals surface area contributed by atoms with Crippen LogP contribution in [-0.2, 0) is 25.8 Å². The van der Waals surface area contributed by atoms with Crippen LogP contribution in [0.4, 0.5) is 0 Å². The van der Waals surface area contributed by atoms with Gasteiger partial charge in [0.1, 0.15) is 0 Å². The van der Waals surface area contributed by atoms with Crippen LogP contribution in [0.2, 0.25) is 23.2 Å². The zero-order chi connectivity index (χ0) is 19.7. The number of rotatable bonds is 2. The van der Waals surface area contributed by atoms with Gasteiger partial charge in [0.25, 0.3) is 0 Å². The third-order valence-electron chi connectivity index (χ3n) is 10.7. The Morgan fingerprint density at radius 1 is 0.656 bits per heavy atom. The minimum absolute atomic E-state index is 0. The molecule has 0 radical (unpaired) electrons. The van der Waals surface area contributed by atoms with E-state index >= 15 is 0 Å². The molecule has 0 N–H and O–H groups in total. The summed E-state index contributed by atoms with van der Waals surface area (Å²) in [5.74, 6) is 4.79. The largest absolute Gasteiger partial charge is 4.00 e. The van der Waals surface area contributed by atoms with E-state index in [2.05, 4.69) is 74.5 Å². The van der Waals surface area contributed by atoms with Gasteiger partial charge in [-0.1, -0.05) is 113 Å². The molecule has 6 rings (SSSR count). The molecule has 172 valence electrons. The molecule has 8 atom stereocenters. The summed E-state index contributed by atoms with van der Waals surface area (Å²) in [5.41, 5.74) is 0. The molecule has 0 aliphatic heterocycles. The SMILES string of the molecule is C[Si](C)(C12[CH-]C3C=CC=CC3C1CCCC2)C12[CH-]C3C=CC=CC3C1CCCC2.[Cl-].[Cl-].[Hf+4]. The Hall–Kier alpha value is 0.627. The minimum atomic E-state index is -1.63. The molecular weight excluding hydrogens is 614 g/mol. The summed E-state index contributed by atoms with van der Waals surface area (Å²) in [7, 11) is -1.63. The Morgan fingerprint density at radius 2 is 1.06 bits per heavy atom. The molecule has 0 bridgehead atoms. The van der Waals surface area contributed by atoms with Gasteiger partial charge >= 0.3 is 25.8 Å². The van der Waals surface area contributed by atoms with Crippen molar-refractivity contribution in [2.75, 3.05) is 0 Å². The summed E-state index contributed by atoms with van der Waals surface area (Å²) in [6.07, 6.45) is 37.3. The molecule has 32 heavy (non-hydrogen) atoms. The van der Waals surface area contributed by atoms with E-state index in [4.69, 9.17) is 0 Å². The first kappa shape index (κ1) is 27.2. The molecule has 0 saturated heterocycles. The number of halogens is 2. The smallest absolute Gasteiger partial charge is 1.00 e. The molecule has 0 nitrogen and oxygen atoms in total. The first-order valence-corrected chi connectivity index (χ1v) is 15.5. The van der Waals surface area contributed by atoms with Gasteiger partial charge in [0.2, 0.25) is 0 Å². The van der Waals surface area contributed by atoms with Crippen molar-refractivity contribution in [1.82, 2.24) is 0 Å². The van der Waals surface area contributed by atoms with Gasteiger partial charge in [0, 0.05) is 8.07 Å². The van der Waals surface area contributed by atoms with Gasteiger partial charge < -0.3 is 37.7 Å². The maximum Gasteiger partial charge on any atom is 4.00 e. The van der Waals surface area contributed by atoms with E-state index in [0.29, 0.717) is 21.9 Å². The Balaban J connectivity index is 0.000000963. The Kier molecular flexibility index (Phi) is 8.46. The van der Waals surface area contributed by atoms with Gasteiger partial charge in [-0.05, 0) is 11.8 Å². The molecule has 6 aliphatic carbocycles. The van der Waals surface area contributed by atoms with Gasteiger partial charge in [0.05, 0.1) is 0 Å². The van der Waals surface area contributed by atoms with E-state index in [0.717, 1.165) is 23.7 Å². The second-order valence-electron chi connectivity index (χ2n) is 11.6. The van der Waals surface area contributed by atoms with Crippen LogP contribution in [0.5, 0.6) is 0 Å². The fourth-order valence-corrected chi connectivity index (χ4v) is 15.7. The van der Waals surface area contributed by atoms with Crippen molar-refractivity contribution in [1.29, 1.82) is 0 Å². The van der Waals surface area contributed by atoms with Crippen LogP contribution in [0.15, 0.2) is 48.6 Å². The monoisotopic (exact) mass is 652 g/mol. The molecule has 4 heteroatoms. The van der Waals surface area contributed by atoms with Crippen molar-refractivity contribution in [3.05, 3.63) is 61.4 Å². The number of fused-ring (bicyclic) bond motifs is 6. The van der Waals surface area contributed by atoms with Crippen molar-refractivity contribution < 1.29 is 50.7 Å². The fraction of sp³-hybridized carbons (Fsp3) is 0.643. The summed E-state index contributed by atoms with van der Waals surface area (Å²) >= 11 is 0. The predicted molar refractivity (Wildman–Crippen MR) is 126 cm³/mol. The van der Waals surface area contributed by atoms with Crippen molar-refractivity contribution in [2.24, 2.45) is 35.5 Å². The van der Waals surface area contributed by atoms with Gasteiger partial charge in [-0.3, -0.25) is 0 Å². The van der Waals surface area contributed by atoms with Crippen LogP contribution >= 0.6 is 0 Å². The summed E-state index contributed by atoms with van der Waals surface area (Å²) in [6, 6.07) is 0. The number of allylic oxidation sites excluding steroid dienone is 8.